The molecule has 5 heteroatoms. The monoisotopic (exact) mass is 368 g/mol. The Kier molecular flexibility index (Phi) is 5.46. The van der Waals surface area contributed by atoms with Gasteiger partial charge >= 0.3 is 0 Å². The molecule has 0 atom stereocenters. The second-order valence-corrected chi connectivity index (χ2v) is 8.21. The van der Waals surface area contributed by atoms with Gasteiger partial charge in [-0.25, -0.2) is 0 Å². The molecule has 0 bridgehead atoms. The van der Waals surface area contributed by atoms with Crippen LogP contribution < -0.4 is 9.62 Å². The number of para-hydroxylation sites is 1. The fourth-order valence-electron chi connectivity index (χ4n) is 2.36. The molecule has 0 unspecified atom stereocenters. The number of carbonyl (C=O) groups excluding carboxylic acids is 1. The summed E-state index contributed by atoms with van der Waals surface area (Å²) in [7, 11) is 2.03. The summed E-state index contributed by atoms with van der Waals surface area (Å²) in [4.78, 5) is 15.4. The van der Waals surface area contributed by atoms with Crippen molar-refractivity contribution in [3.63, 3.8) is 0 Å². The molecule has 1 aromatic heterocycles. The minimum Gasteiger partial charge on any atom is -0.321 e. The Labute approximate surface area is 156 Å². The van der Waals surface area contributed by atoms with Crippen molar-refractivity contribution in [2.45, 2.75) is 18.7 Å². The van der Waals surface area contributed by atoms with Gasteiger partial charge in [0.15, 0.2) is 0 Å². The Morgan fingerprint density at radius 1 is 1.04 bits per heavy atom. The number of aryl methyl sites for hydroxylation is 2. The molecule has 0 fully saturated rings. The Hall–Kier alpha value is -2.24. The van der Waals surface area contributed by atoms with Crippen molar-refractivity contribution < 1.29 is 4.79 Å². The lowest BCUT2D eigenvalue weighted by Crippen LogP contribution is -2.10. The minimum absolute atomic E-state index is 0.0558. The summed E-state index contributed by atoms with van der Waals surface area (Å²) in [6, 6.07) is 20.0. The molecule has 0 radical (unpaired) electrons. The highest BCUT2D eigenvalue weighted by atomic mass is 32.2. The third kappa shape index (κ3) is 4.44. The molecule has 0 saturated heterocycles. The van der Waals surface area contributed by atoms with E-state index in [1.54, 1.807) is 11.9 Å². The van der Waals surface area contributed by atoms with E-state index in [9.17, 15) is 4.79 Å². The molecule has 0 aliphatic rings. The van der Waals surface area contributed by atoms with E-state index in [1.807, 2.05) is 69.4 Å². The van der Waals surface area contributed by atoms with Gasteiger partial charge < -0.3 is 9.62 Å². The van der Waals surface area contributed by atoms with Gasteiger partial charge in [-0.05, 0) is 67.8 Å². The highest BCUT2D eigenvalue weighted by Crippen LogP contribution is 2.29. The van der Waals surface area contributed by atoms with Crippen LogP contribution in [0.25, 0.3) is 0 Å². The fourth-order valence-corrected chi connectivity index (χ4v) is 4.15. The van der Waals surface area contributed by atoms with Crippen molar-refractivity contribution in [3.05, 3.63) is 76.0 Å². The van der Waals surface area contributed by atoms with E-state index in [-0.39, 0.29) is 5.91 Å². The lowest BCUT2D eigenvalue weighted by Gasteiger charge is -2.18. The fraction of sp³-hybridized carbons (Fsp3) is 0.150. The number of thiophene rings is 1. The Morgan fingerprint density at radius 3 is 2.48 bits per heavy atom. The largest absolute Gasteiger partial charge is 0.321 e. The first-order valence-corrected chi connectivity index (χ1v) is 9.57. The van der Waals surface area contributed by atoms with Gasteiger partial charge in [-0.3, -0.25) is 4.79 Å². The maximum absolute atomic E-state index is 12.4. The number of nitrogens with one attached hydrogen (secondary N) is 1. The summed E-state index contributed by atoms with van der Waals surface area (Å²) >= 11 is 3.15. The topological polar surface area (TPSA) is 32.3 Å². The van der Waals surface area contributed by atoms with Crippen molar-refractivity contribution in [3.8, 4) is 0 Å². The van der Waals surface area contributed by atoms with Crippen LogP contribution in [0, 0.1) is 13.8 Å². The summed E-state index contributed by atoms with van der Waals surface area (Å²) in [5, 5.41) is 2.99. The third-order valence-corrected chi connectivity index (χ3v) is 5.94. The second kappa shape index (κ2) is 7.76. The molecule has 3 aromatic rings. The number of nitrogens with zero attached hydrogens (tertiary/aromatic N) is 1. The van der Waals surface area contributed by atoms with Gasteiger partial charge in [0.2, 0.25) is 0 Å². The van der Waals surface area contributed by atoms with Crippen LogP contribution in [-0.4, -0.2) is 13.0 Å². The second-order valence-electron chi connectivity index (χ2n) is 5.76. The maximum Gasteiger partial charge on any atom is 0.265 e. The number of amides is 1. The van der Waals surface area contributed by atoms with Crippen molar-refractivity contribution >= 4 is 40.6 Å². The van der Waals surface area contributed by atoms with E-state index >= 15 is 0 Å². The predicted octanol–water partition coefficient (Wildman–Crippen LogP) is 5.76. The number of rotatable bonds is 5. The van der Waals surface area contributed by atoms with Gasteiger partial charge in [-0.15, -0.1) is 11.3 Å². The highest BCUT2D eigenvalue weighted by molar-refractivity contribution is 8.00. The Balaban J connectivity index is 1.70. The highest BCUT2D eigenvalue weighted by Gasteiger charge is 2.11. The zero-order chi connectivity index (χ0) is 17.8. The molecule has 1 amide bonds. The quantitative estimate of drug-likeness (QED) is 0.581. The van der Waals surface area contributed by atoms with E-state index in [4.69, 9.17) is 0 Å². The number of carbonyl (C=O) groups is 1. The first kappa shape index (κ1) is 17.6. The number of hydrogen-bond acceptors (Lipinski definition) is 4. The average Bonchev–Trinajstić information content (AvgIpc) is 2.95. The molecule has 0 spiro atoms. The van der Waals surface area contributed by atoms with E-state index in [0.29, 0.717) is 0 Å². The molecule has 2 aromatic carbocycles. The Morgan fingerprint density at radius 2 is 1.80 bits per heavy atom. The molecule has 3 rings (SSSR count). The van der Waals surface area contributed by atoms with Gasteiger partial charge in [0, 0.05) is 28.2 Å². The van der Waals surface area contributed by atoms with Crippen LogP contribution in [0.4, 0.5) is 11.4 Å². The van der Waals surface area contributed by atoms with E-state index in [1.165, 1.54) is 16.2 Å². The SMILES string of the molecule is Cc1cc(C(=O)Nc2cccc(SN(C)c3ccccc3)c2)sc1C. The minimum atomic E-state index is -0.0558. The maximum atomic E-state index is 12.4. The summed E-state index contributed by atoms with van der Waals surface area (Å²) in [5.74, 6) is -0.0558. The molecule has 1 N–H and O–H groups in total. The molecule has 128 valence electrons. The van der Waals surface area contributed by atoms with Gasteiger partial charge in [-0.1, -0.05) is 24.3 Å². The summed E-state index contributed by atoms with van der Waals surface area (Å²) < 4.78 is 2.10. The zero-order valence-electron chi connectivity index (χ0n) is 14.4. The summed E-state index contributed by atoms with van der Waals surface area (Å²) in [5.41, 5.74) is 3.09. The van der Waals surface area contributed by atoms with Crippen molar-refractivity contribution in [2.24, 2.45) is 0 Å². The van der Waals surface area contributed by atoms with Crippen LogP contribution in [0.5, 0.6) is 0 Å². The normalized spacial score (nSPS) is 10.5. The lowest BCUT2D eigenvalue weighted by atomic mass is 10.2. The van der Waals surface area contributed by atoms with Crippen LogP contribution in [0.3, 0.4) is 0 Å². The van der Waals surface area contributed by atoms with Crippen molar-refractivity contribution in [1.29, 1.82) is 0 Å². The van der Waals surface area contributed by atoms with Crippen molar-refractivity contribution in [1.82, 2.24) is 0 Å². The molecule has 3 nitrogen and oxygen atoms in total. The van der Waals surface area contributed by atoms with E-state index in [2.05, 4.69) is 21.8 Å². The van der Waals surface area contributed by atoms with Crippen LogP contribution in [0.2, 0.25) is 0 Å². The lowest BCUT2D eigenvalue weighted by molar-refractivity contribution is 0.103. The first-order valence-electron chi connectivity index (χ1n) is 7.98. The summed E-state index contributed by atoms with van der Waals surface area (Å²) in [6.07, 6.45) is 0. The first-order chi connectivity index (χ1) is 12.0. The van der Waals surface area contributed by atoms with Crippen LogP contribution in [-0.2, 0) is 0 Å². The van der Waals surface area contributed by atoms with E-state index < -0.39 is 0 Å². The third-order valence-electron chi connectivity index (χ3n) is 3.84. The van der Waals surface area contributed by atoms with Gasteiger partial charge in [0.1, 0.15) is 0 Å². The average molecular weight is 369 g/mol. The molecule has 0 saturated carbocycles. The molecule has 25 heavy (non-hydrogen) atoms. The summed E-state index contributed by atoms with van der Waals surface area (Å²) in [6.45, 7) is 4.06. The van der Waals surface area contributed by atoms with Crippen molar-refractivity contribution in [2.75, 3.05) is 16.7 Å². The van der Waals surface area contributed by atoms with Gasteiger partial charge in [-0.2, -0.15) is 0 Å². The molecule has 0 aliphatic carbocycles. The molecule has 0 aliphatic heterocycles. The number of hydrogen-bond donors (Lipinski definition) is 1. The molecular weight excluding hydrogens is 348 g/mol. The van der Waals surface area contributed by atoms with Crippen LogP contribution in [0.15, 0.2) is 65.6 Å². The molecule has 1 heterocycles. The smallest absolute Gasteiger partial charge is 0.265 e. The van der Waals surface area contributed by atoms with Gasteiger partial charge in [0.25, 0.3) is 5.91 Å². The number of anilines is 2. The number of benzene rings is 2. The van der Waals surface area contributed by atoms with E-state index in [0.717, 1.165) is 26.7 Å². The van der Waals surface area contributed by atoms with Crippen LogP contribution >= 0.6 is 23.3 Å². The Bertz CT molecular complexity index is 855. The standard InChI is InChI=1S/C20H20N2OS2/c1-14-12-19(24-15(14)2)20(23)21-16-8-7-11-18(13-16)25-22(3)17-9-5-4-6-10-17/h4-13H,1-3H3,(H,21,23). The van der Waals surface area contributed by atoms with Crippen LogP contribution in [0.1, 0.15) is 20.1 Å². The zero-order valence-corrected chi connectivity index (χ0v) is 16.1. The predicted molar refractivity (Wildman–Crippen MR) is 109 cm³/mol. The molecular formula is C20H20N2OS2. The van der Waals surface area contributed by atoms with Gasteiger partial charge in [0.05, 0.1) is 4.88 Å².